The summed E-state index contributed by atoms with van der Waals surface area (Å²) < 4.78 is 70.3. The standard InChI is InChI=1S/C17H27NO2/c1-18(2)13-16(17(19)11-5-4-6-12-17)14-7-9-15(20-3)10-8-14/h7-10,16,19H,4-6,11-13H2,1-3H3/i4D2,5D2,6D2,11D2. The minimum absolute atomic E-state index is 0.109. The van der Waals surface area contributed by atoms with Gasteiger partial charge in [-0.15, -0.1) is 0 Å². The smallest absolute Gasteiger partial charge is 0.118 e. The van der Waals surface area contributed by atoms with Gasteiger partial charge in [0.15, 0.2) is 0 Å². The van der Waals surface area contributed by atoms with Crippen LogP contribution in [0.4, 0.5) is 0 Å². The molecular formula is C17H27NO2. The van der Waals surface area contributed by atoms with Gasteiger partial charge < -0.3 is 14.7 Å². The molecule has 1 aliphatic rings. The van der Waals surface area contributed by atoms with E-state index < -0.39 is 43.4 Å². The molecule has 1 aliphatic carbocycles. The Morgan fingerprint density at radius 1 is 1.30 bits per heavy atom. The number of likely N-dealkylation sites (N-methyl/N-ethyl adjacent to an activating group) is 1. The summed E-state index contributed by atoms with van der Waals surface area (Å²) in [7, 11) is 4.91. The molecule has 0 radical (unpaired) electrons. The molecule has 3 heteroatoms. The van der Waals surface area contributed by atoms with Gasteiger partial charge in [0.1, 0.15) is 5.75 Å². The van der Waals surface area contributed by atoms with E-state index in [4.69, 9.17) is 15.7 Å². The number of hydrogen-bond donors (Lipinski definition) is 1. The highest BCUT2D eigenvalue weighted by Crippen LogP contribution is 2.40. The molecule has 0 amide bonds. The van der Waals surface area contributed by atoms with Crippen molar-refractivity contribution in [2.45, 2.75) is 43.4 Å². The topological polar surface area (TPSA) is 32.7 Å². The first-order chi connectivity index (χ1) is 12.5. The van der Waals surface area contributed by atoms with Crippen LogP contribution in [0.5, 0.6) is 5.75 Å². The highest BCUT2D eigenvalue weighted by molar-refractivity contribution is 5.31. The van der Waals surface area contributed by atoms with Crippen LogP contribution in [0, 0.1) is 0 Å². The Bertz CT molecular complexity index is 708. The lowest BCUT2D eigenvalue weighted by Gasteiger charge is -2.40. The first-order valence-corrected chi connectivity index (χ1v) is 6.56. The second kappa shape index (κ2) is 6.59. The number of nitrogens with zero attached hydrogens (tertiary/aromatic N) is 1. The van der Waals surface area contributed by atoms with Crippen molar-refractivity contribution >= 4 is 0 Å². The number of ether oxygens (including phenoxy) is 1. The summed E-state index contributed by atoms with van der Waals surface area (Å²) in [5.41, 5.74) is -2.01. The molecule has 1 aromatic carbocycles. The molecule has 112 valence electrons. The summed E-state index contributed by atoms with van der Waals surface area (Å²) >= 11 is 0. The molecule has 0 heterocycles. The van der Waals surface area contributed by atoms with E-state index in [1.165, 1.54) is 7.11 Å². The normalized spacial score (nSPS) is 40.6. The maximum absolute atomic E-state index is 11.5. The van der Waals surface area contributed by atoms with Crippen LogP contribution in [0.3, 0.4) is 0 Å². The Morgan fingerprint density at radius 2 is 2.00 bits per heavy atom. The van der Waals surface area contributed by atoms with Crippen LogP contribution in [0.25, 0.3) is 0 Å². The summed E-state index contributed by atoms with van der Waals surface area (Å²) in [5, 5.41) is 11.5. The quantitative estimate of drug-likeness (QED) is 0.902. The Balaban J connectivity index is 2.68. The lowest BCUT2D eigenvalue weighted by atomic mass is 9.72. The van der Waals surface area contributed by atoms with E-state index in [0.717, 1.165) is 0 Å². The van der Waals surface area contributed by atoms with Gasteiger partial charge in [-0.1, -0.05) is 31.3 Å². The molecule has 0 aliphatic heterocycles. The van der Waals surface area contributed by atoms with E-state index in [1.807, 2.05) is 0 Å². The average Bonchev–Trinajstić information content (AvgIpc) is 2.57. The third kappa shape index (κ3) is 3.53. The molecule has 1 aromatic rings. The predicted octanol–water partition coefficient (Wildman–Crippen LogP) is 3.04. The number of benzene rings is 1. The number of methoxy groups -OCH3 is 1. The molecular weight excluding hydrogens is 250 g/mol. The minimum atomic E-state index is -3.27. The third-order valence-corrected chi connectivity index (χ3v) is 3.43. The molecule has 20 heavy (non-hydrogen) atoms. The van der Waals surface area contributed by atoms with Gasteiger partial charge in [-0.05, 0) is 44.6 Å². The van der Waals surface area contributed by atoms with E-state index in [9.17, 15) is 5.11 Å². The maximum atomic E-state index is 11.5. The maximum Gasteiger partial charge on any atom is 0.118 e. The number of hydrogen-bond acceptors (Lipinski definition) is 3. The molecule has 2 atom stereocenters. The Hall–Kier alpha value is -1.06. The highest BCUT2D eigenvalue weighted by atomic mass is 16.5. The first-order valence-electron chi connectivity index (χ1n) is 10.6. The molecule has 2 rings (SSSR count). The van der Waals surface area contributed by atoms with E-state index >= 15 is 0 Å². The molecule has 1 fully saturated rings. The lowest BCUT2D eigenvalue weighted by Crippen LogP contribution is -2.42. The van der Waals surface area contributed by atoms with Crippen LogP contribution in [0.1, 0.15) is 54.4 Å². The molecule has 1 N–H and O–H groups in total. The van der Waals surface area contributed by atoms with Crippen LogP contribution in [0.15, 0.2) is 24.3 Å². The van der Waals surface area contributed by atoms with Gasteiger partial charge in [-0.25, -0.2) is 0 Å². The van der Waals surface area contributed by atoms with E-state index in [2.05, 4.69) is 0 Å². The fourth-order valence-corrected chi connectivity index (χ4v) is 2.35. The fourth-order valence-electron chi connectivity index (χ4n) is 2.35. The van der Waals surface area contributed by atoms with Crippen molar-refractivity contribution in [1.82, 2.24) is 4.90 Å². The monoisotopic (exact) mass is 285 g/mol. The van der Waals surface area contributed by atoms with Crippen LogP contribution in [-0.4, -0.2) is 43.4 Å². The van der Waals surface area contributed by atoms with Gasteiger partial charge >= 0.3 is 0 Å². The molecule has 0 spiro atoms. The molecule has 0 aromatic heterocycles. The van der Waals surface area contributed by atoms with E-state index in [1.54, 1.807) is 43.3 Å². The van der Waals surface area contributed by atoms with Crippen molar-refractivity contribution in [2.24, 2.45) is 0 Å². The summed E-state index contributed by atoms with van der Waals surface area (Å²) in [6, 6.07) is 6.50. The zero-order valence-electron chi connectivity index (χ0n) is 20.1. The largest absolute Gasteiger partial charge is 0.497 e. The minimum Gasteiger partial charge on any atom is -0.497 e. The van der Waals surface area contributed by atoms with Crippen molar-refractivity contribution < 1.29 is 20.8 Å². The van der Waals surface area contributed by atoms with Crippen molar-refractivity contribution in [3.63, 3.8) is 0 Å². The second-order valence-electron chi connectivity index (χ2n) is 5.24. The number of aliphatic hydroxyl groups is 1. The molecule has 0 bridgehead atoms. The van der Waals surface area contributed by atoms with Gasteiger partial charge in [0.2, 0.25) is 0 Å². The van der Waals surface area contributed by atoms with Crippen LogP contribution in [0.2, 0.25) is 0 Å². The summed E-state index contributed by atoms with van der Waals surface area (Å²) in [6.45, 7) is 0.109. The van der Waals surface area contributed by atoms with Gasteiger partial charge in [0.05, 0.1) is 12.7 Å². The van der Waals surface area contributed by atoms with Crippen molar-refractivity contribution in [3.05, 3.63) is 29.8 Å². The molecule has 3 nitrogen and oxygen atoms in total. The summed E-state index contributed by atoms with van der Waals surface area (Å²) in [4.78, 5) is 1.69. The predicted molar refractivity (Wildman–Crippen MR) is 82.3 cm³/mol. The Labute approximate surface area is 133 Å². The van der Waals surface area contributed by atoms with Gasteiger partial charge in [-0.2, -0.15) is 0 Å². The molecule has 0 saturated heterocycles. The van der Waals surface area contributed by atoms with Crippen molar-refractivity contribution in [1.29, 1.82) is 0 Å². The van der Waals surface area contributed by atoms with Crippen LogP contribution >= 0.6 is 0 Å². The first kappa shape index (κ1) is 7.81. The number of rotatable bonds is 5. The Morgan fingerprint density at radius 3 is 2.60 bits per heavy atom. The third-order valence-electron chi connectivity index (χ3n) is 3.43. The molecule has 2 unspecified atom stereocenters. The van der Waals surface area contributed by atoms with Gasteiger partial charge in [0, 0.05) is 23.4 Å². The SMILES string of the molecule is [2H]C1([2H])CC(O)(C(CN(C)C)c2ccc(OC)cc2)C([2H])([2H])C([2H])([2H])C1([2H])[2H]. The summed E-state index contributed by atoms with van der Waals surface area (Å²) in [6.07, 6.45) is -13.1. The van der Waals surface area contributed by atoms with Crippen LogP contribution in [-0.2, 0) is 0 Å². The van der Waals surface area contributed by atoms with Gasteiger partial charge in [0.25, 0.3) is 0 Å². The van der Waals surface area contributed by atoms with Crippen molar-refractivity contribution in [3.8, 4) is 5.75 Å². The second-order valence-corrected chi connectivity index (χ2v) is 5.24. The van der Waals surface area contributed by atoms with E-state index in [0.29, 0.717) is 11.3 Å². The Kier molecular flexibility index (Phi) is 2.57. The zero-order chi connectivity index (χ0) is 21.8. The zero-order valence-corrected chi connectivity index (χ0v) is 12.1. The highest BCUT2D eigenvalue weighted by Gasteiger charge is 2.38. The molecule has 1 saturated carbocycles. The summed E-state index contributed by atoms with van der Waals surface area (Å²) in [5.74, 6) is -0.461. The van der Waals surface area contributed by atoms with Gasteiger partial charge in [-0.3, -0.25) is 0 Å². The van der Waals surface area contributed by atoms with Crippen LogP contribution < -0.4 is 4.74 Å². The lowest BCUT2D eigenvalue weighted by molar-refractivity contribution is -0.0277. The van der Waals surface area contributed by atoms with Crippen molar-refractivity contribution in [2.75, 3.05) is 27.7 Å². The fraction of sp³-hybridized carbons (Fsp3) is 0.647. The van der Waals surface area contributed by atoms with E-state index in [-0.39, 0.29) is 6.54 Å². The average molecular weight is 285 g/mol.